The average molecular weight is 361 g/mol. The maximum atomic E-state index is 12.6. The Morgan fingerprint density at radius 3 is 2.79 bits per heavy atom. The number of hydrogen-bond acceptors (Lipinski definition) is 5. The van der Waals surface area contributed by atoms with Crippen molar-refractivity contribution in [3.8, 4) is 0 Å². The van der Waals surface area contributed by atoms with E-state index in [-0.39, 0.29) is 12.5 Å². The fourth-order valence-electron chi connectivity index (χ4n) is 2.57. The quantitative estimate of drug-likeness (QED) is 0.771. The Morgan fingerprint density at radius 1 is 1.25 bits per heavy atom. The zero-order valence-corrected chi connectivity index (χ0v) is 15.3. The van der Waals surface area contributed by atoms with Gasteiger partial charge >= 0.3 is 5.97 Å². The molecule has 1 amide bonds. The molecule has 0 saturated heterocycles. The van der Waals surface area contributed by atoms with Gasteiger partial charge in [0.2, 0.25) is 0 Å². The van der Waals surface area contributed by atoms with Crippen molar-refractivity contribution in [1.82, 2.24) is 0 Å². The highest BCUT2D eigenvalue weighted by atomic mass is 32.2. The fraction of sp³-hybridized carbons (Fsp3) is 0.333. The smallest absolute Gasteiger partial charge is 0.348 e. The van der Waals surface area contributed by atoms with Gasteiger partial charge in [-0.3, -0.25) is 4.79 Å². The highest BCUT2D eigenvalue weighted by Crippen LogP contribution is 2.37. The monoisotopic (exact) mass is 361 g/mol. The minimum Gasteiger partial charge on any atom is -0.451 e. The van der Waals surface area contributed by atoms with Gasteiger partial charge in [-0.05, 0) is 37.6 Å². The van der Waals surface area contributed by atoms with Gasteiger partial charge in [0, 0.05) is 21.6 Å². The number of amides is 1. The van der Waals surface area contributed by atoms with Gasteiger partial charge in [0.1, 0.15) is 4.88 Å². The van der Waals surface area contributed by atoms with Gasteiger partial charge in [-0.1, -0.05) is 19.1 Å². The van der Waals surface area contributed by atoms with Gasteiger partial charge in [-0.25, -0.2) is 4.79 Å². The second-order valence-corrected chi connectivity index (χ2v) is 8.48. The predicted molar refractivity (Wildman–Crippen MR) is 98.1 cm³/mol. The number of carbonyl (C=O) groups excluding carboxylic acids is 2. The second-order valence-electron chi connectivity index (χ2n) is 5.72. The molecule has 0 fully saturated rings. The van der Waals surface area contributed by atoms with E-state index >= 15 is 0 Å². The van der Waals surface area contributed by atoms with Crippen molar-refractivity contribution >= 4 is 40.7 Å². The molecular weight excluding hydrogens is 342 g/mol. The summed E-state index contributed by atoms with van der Waals surface area (Å²) in [7, 11) is 0. The van der Waals surface area contributed by atoms with Gasteiger partial charge in [0.15, 0.2) is 6.61 Å². The van der Waals surface area contributed by atoms with E-state index in [1.165, 1.54) is 11.3 Å². The third-order valence-corrected chi connectivity index (χ3v) is 6.03. The van der Waals surface area contributed by atoms with Crippen LogP contribution in [0.1, 0.15) is 27.9 Å². The summed E-state index contributed by atoms with van der Waals surface area (Å²) in [6, 6.07) is 11.5. The summed E-state index contributed by atoms with van der Waals surface area (Å²) in [6.45, 7) is 4.50. The van der Waals surface area contributed by atoms with E-state index in [0.29, 0.717) is 16.7 Å². The van der Waals surface area contributed by atoms with Crippen LogP contribution in [0.3, 0.4) is 0 Å². The van der Waals surface area contributed by atoms with Crippen LogP contribution in [0, 0.1) is 6.92 Å². The lowest BCUT2D eigenvalue weighted by Crippen LogP contribution is -2.35. The predicted octanol–water partition coefficient (Wildman–Crippen LogP) is 4.13. The van der Waals surface area contributed by atoms with E-state index in [1.54, 1.807) is 22.7 Å². The molecule has 24 heavy (non-hydrogen) atoms. The molecule has 1 atom stereocenters. The Hall–Kier alpha value is -1.79. The zero-order valence-electron chi connectivity index (χ0n) is 13.7. The lowest BCUT2D eigenvalue weighted by atomic mass is 10.2. The molecule has 0 aliphatic carbocycles. The van der Waals surface area contributed by atoms with Crippen LogP contribution in [0.5, 0.6) is 0 Å². The molecule has 1 aliphatic heterocycles. The van der Waals surface area contributed by atoms with E-state index in [0.717, 1.165) is 21.9 Å². The largest absolute Gasteiger partial charge is 0.451 e. The molecular formula is C18H19NO3S2. The summed E-state index contributed by atoms with van der Waals surface area (Å²) in [6.07, 6.45) is 0.906. The molecule has 6 heteroatoms. The Bertz CT molecular complexity index is 756. The van der Waals surface area contributed by atoms with E-state index < -0.39 is 5.97 Å². The van der Waals surface area contributed by atoms with Crippen LogP contribution >= 0.6 is 23.1 Å². The molecule has 126 valence electrons. The summed E-state index contributed by atoms with van der Waals surface area (Å²) in [5.74, 6) is -0.619. The zero-order chi connectivity index (χ0) is 17.1. The summed E-state index contributed by atoms with van der Waals surface area (Å²) in [5.41, 5.74) is 0.903. The molecule has 2 aromatic rings. The minimum atomic E-state index is -0.438. The Balaban J connectivity index is 1.69. The van der Waals surface area contributed by atoms with Crippen LogP contribution in [-0.4, -0.2) is 30.3 Å². The van der Waals surface area contributed by atoms with Gasteiger partial charge in [-0.15, -0.1) is 23.1 Å². The third kappa shape index (κ3) is 3.82. The Kier molecular flexibility index (Phi) is 5.26. The highest BCUT2D eigenvalue weighted by Gasteiger charge is 2.25. The van der Waals surface area contributed by atoms with Crippen molar-refractivity contribution in [2.75, 3.05) is 18.1 Å². The van der Waals surface area contributed by atoms with Crippen LogP contribution in [0.2, 0.25) is 0 Å². The molecule has 0 unspecified atom stereocenters. The number of aryl methyl sites for hydroxylation is 1. The van der Waals surface area contributed by atoms with Crippen molar-refractivity contribution in [3.63, 3.8) is 0 Å². The number of thioether (sulfide) groups is 1. The normalized spacial score (nSPS) is 17.1. The topological polar surface area (TPSA) is 46.6 Å². The van der Waals surface area contributed by atoms with Crippen LogP contribution in [0.15, 0.2) is 41.3 Å². The van der Waals surface area contributed by atoms with Crippen molar-refractivity contribution in [2.24, 2.45) is 0 Å². The highest BCUT2D eigenvalue weighted by molar-refractivity contribution is 8.00. The average Bonchev–Trinajstić information content (AvgIpc) is 2.92. The van der Waals surface area contributed by atoms with Crippen LogP contribution in [0.4, 0.5) is 5.69 Å². The van der Waals surface area contributed by atoms with Crippen LogP contribution in [0.25, 0.3) is 0 Å². The summed E-state index contributed by atoms with van der Waals surface area (Å²) in [5, 5.41) is 0.445. The van der Waals surface area contributed by atoms with Gasteiger partial charge in [0.05, 0.1) is 5.69 Å². The number of fused-ring (bicyclic) bond motifs is 1. The maximum Gasteiger partial charge on any atom is 0.348 e. The number of para-hydroxylation sites is 1. The number of carbonyl (C=O) groups is 2. The third-order valence-electron chi connectivity index (χ3n) is 3.81. The number of esters is 1. The van der Waals surface area contributed by atoms with Crippen molar-refractivity contribution in [1.29, 1.82) is 0 Å². The number of nitrogens with zero attached hydrogens (tertiary/aromatic N) is 1. The number of anilines is 1. The summed E-state index contributed by atoms with van der Waals surface area (Å²) in [4.78, 5) is 29.0. The standard InChI is InChI=1S/C18H19NO3S2/c1-12-7-8-16(24-12)18(21)22-11-17(20)19-10-9-13(2)23-15-6-4-3-5-14(15)19/h3-8,13H,9-11H2,1-2H3/t13-/m1/s1. The van der Waals surface area contributed by atoms with E-state index in [2.05, 4.69) is 6.92 Å². The van der Waals surface area contributed by atoms with Crippen LogP contribution < -0.4 is 4.90 Å². The van der Waals surface area contributed by atoms with Crippen molar-refractivity contribution < 1.29 is 14.3 Å². The molecule has 1 aromatic heterocycles. The first-order chi connectivity index (χ1) is 11.5. The molecule has 3 rings (SSSR count). The van der Waals surface area contributed by atoms with Crippen molar-refractivity contribution in [3.05, 3.63) is 46.2 Å². The second kappa shape index (κ2) is 7.40. The molecule has 2 heterocycles. The van der Waals surface area contributed by atoms with E-state index in [9.17, 15) is 9.59 Å². The molecule has 0 saturated carbocycles. The van der Waals surface area contributed by atoms with Gasteiger partial charge in [-0.2, -0.15) is 0 Å². The SMILES string of the molecule is Cc1ccc(C(=O)OCC(=O)N2CC[C@@H](C)Sc3ccccc32)s1. The fourth-order valence-corrected chi connectivity index (χ4v) is 4.44. The number of thiophene rings is 1. The van der Waals surface area contributed by atoms with E-state index in [1.807, 2.05) is 37.3 Å². The molecule has 0 spiro atoms. The first-order valence-electron chi connectivity index (χ1n) is 7.84. The van der Waals surface area contributed by atoms with Gasteiger partial charge in [0.25, 0.3) is 5.91 Å². The summed E-state index contributed by atoms with van der Waals surface area (Å²) >= 11 is 3.15. The van der Waals surface area contributed by atoms with Crippen molar-refractivity contribution in [2.45, 2.75) is 30.4 Å². The number of benzene rings is 1. The lowest BCUT2D eigenvalue weighted by molar-refractivity contribution is -0.121. The molecule has 4 nitrogen and oxygen atoms in total. The Labute approximate surface area is 149 Å². The molecule has 1 aromatic carbocycles. The number of hydrogen-bond donors (Lipinski definition) is 0. The number of rotatable bonds is 3. The molecule has 0 bridgehead atoms. The first-order valence-corrected chi connectivity index (χ1v) is 9.54. The van der Waals surface area contributed by atoms with Gasteiger partial charge < -0.3 is 9.64 Å². The first kappa shape index (κ1) is 17.0. The van der Waals surface area contributed by atoms with Crippen LogP contribution in [-0.2, 0) is 9.53 Å². The Morgan fingerprint density at radius 2 is 2.04 bits per heavy atom. The molecule has 0 N–H and O–H groups in total. The molecule has 1 aliphatic rings. The maximum absolute atomic E-state index is 12.6. The molecule has 0 radical (unpaired) electrons. The lowest BCUT2D eigenvalue weighted by Gasteiger charge is -2.22. The minimum absolute atomic E-state index is 0.182. The summed E-state index contributed by atoms with van der Waals surface area (Å²) < 4.78 is 5.21. The number of ether oxygens (including phenoxy) is 1. The van der Waals surface area contributed by atoms with E-state index in [4.69, 9.17) is 4.74 Å².